The molecule has 0 bridgehead atoms. The Morgan fingerprint density at radius 1 is 0.914 bits per heavy atom. The normalized spacial score (nSPS) is 11.4. The number of sulfonamides is 1. The molecule has 0 atom stereocenters. The van der Waals surface area contributed by atoms with Gasteiger partial charge in [-0.05, 0) is 72.1 Å². The highest BCUT2D eigenvalue weighted by molar-refractivity contribution is 8.00. The average molecular weight is 522 g/mol. The molecule has 3 aromatic carbocycles. The molecule has 0 spiro atoms. The molecule has 1 amide bonds. The average Bonchev–Trinajstić information content (AvgIpc) is 3.55. The number of thiophene rings is 1. The Bertz CT molecular complexity index is 1530. The third-order valence-corrected chi connectivity index (χ3v) is 8.74. The lowest BCUT2D eigenvalue weighted by Gasteiger charge is -2.08. The first-order valence-corrected chi connectivity index (χ1v) is 13.9. The Kier molecular flexibility index (Phi) is 6.58. The zero-order valence-corrected chi connectivity index (χ0v) is 20.6. The second-order valence-electron chi connectivity index (χ2n) is 7.46. The summed E-state index contributed by atoms with van der Waals surface area (Å²) in [6.45, 7) is 0. The standard InChI is InChI=1S/C25H19N3O4S3/c29-23(16-34-20-13-11-19(12-14-20)28-35(30,31)24-6-3-15-33-24)26-18-9-7-17(8-10-18)25-27-21-4-1-2-5-22(21)32-25/h1-15,28H,16H2,(H,26,29). The molecule has 2 heterocycles. The van der Waals surface area contributed by atoms with Gasteiger partial charge in [0.05, 0.1) is 5.75 Å². The maximum atomic E-state index is 12.4. The Hall–Kier alpha value is -3.60. The van der Waals surface area contributed by atoms with Crippen LogP contribution in [0.15, 0.2) is 104 Å². The number of carbonyl (C=O) groups excluding carboxylic acids is 1. The second kappa shape index (κ2) is 9.95. The molecule has 0 fully saturated rings. The summed E-state index contributed by atoms with van der Waals surface area (Å²) >= 11 is 2.52. The van der Waals surface area contributed by atoms with E-state index < -0.39 is 10.0 Å². The fraction of sp³-hybridized carbons (Fsp3) is 0.0400. The first kappa shape index (κ1) is 23.2. The Morgan fingerprint density at radius 3 is 2.37 bits per heavy atom. The van der Waals surface area contributed by atoms with Gasteiger partial charge in [0, 0.05) is 21.8 Å². The molecule has 5 aromatic rings. The molecular weight excluding hydrogens is 502 g/mol. The van der Waals surface area contributed by atoms with Gasteiger partial charge in [0.2, 0.25) is 11.8 Å². The molecule has 0 saturated carbocycles. The molecule has 0 saturated heterocycles. The number of aromatic nitrogens is 1. The summed E-state index contributed by atoms with van der Waals surface area (Å²) < 4.78 is 33.2. The number of hydrogen-bond donors (Lipinski definition) is 2. The van der Waals surface area contributed by atoms with Gasteiger partial charge >= 0.3 is 0 Å². The van der Waals surface area contributed by atoms with Crippen molar-refractivity contribution in [2.45, 2.75) is 9.10 Å². The molecule has 35 heavy (non-hydrogen) atoms. The van der Waals surface area contributed by atoms with Crippen molar-refractivity contribution in [1.82, 2.24) is 4.98 Å². The number of carbonyl (C=O) groups is 1. The monoisotopic (exact) mass is 521 g/mol. The number of benzene rings is 3. The van der Waals surface area contributed by atoms with E-state index in [9.17, 15) is 13.2 Å². The molecule has 5 rings (SSSR count). The molecule has 7 nitrogen and oxygen atoms in total. The van der Waals surface area contributed by atoms with Crippen LogP contribution in [0, 0.1) is 0 Å². The fourth-order valence-corrected chi connectivity index (χ4v) is 6.03. The van der Waals surface area contributed by atoms with Crippen molar-refractivity contribution in [3.63, 3.8) is 0 Å². The number of thioether (sulfide) groups is 1. The first-order chi connectivity index (χ1) is 17.0. The number of amides is 1. The second-order valence-corrected chi connectivity index (χ2v) is 11.4. The summed E-state index contributed by atoms with van der Waals surface area (Å²) in [7, 11) is -3.58. The third kappa shape index (κ3) is 5.56. The van der Waals surface area contributed by atoms with Gasteiger partial charge < -0.3 is 9.73 Å². The van der Waals surface area contributed by atoms with E-state index >= 15 is 0 Å². The summed E-state index contributed by atoms with van der Waals surface area (Å²) in [4.78, 5) is 17.7. The number of nitrogens with one attached hydrogen (secondary N) is 2. The Balaban J connectivity index is 1.14. The Labute approximate surface area is 210 Å². The lowest BCUT2D eigenvalue weighted by atomic mass is 10.2. The molecule has 0 aliphatic carbocycles. The van der Waals surface area contributed by atoms with Gasteiger partial charge in [-0.25, -0.2) is 13.4 Å². The van der Waals surface area contributed by atoms with Crippen molar-refractivity contribution in [1.29, 1.82) is 0 Å². The maximum Gasteiger partial charge on any atom is 0.271 e. The van der Waals surface area contributed by atoms with Crippen LogP contribution in [0.5, 0.6) is 0 Å². The summed E-state index contributed by atoms with van der Waals surface area (Å²) in [6.07, 6.45) is 0. The third-order valence-electron chi connectivity index (χ3n) is 4.95. The van der Waals surface area contributed by atoms with Gasteiger partial charge in [0.15, 0.2) is 5.58 Å². The van der Waals surface area contributed by atoms with E-state index in [-0.39, 0.29) is 15.9 Å². The molecule has 0 unspecified atom stereocenters. The molecule has 176 valence electrons. The highest BCUT2D eigenvalue weighted by Gasteiger charge is 2.15. The molecule has 2 aromatic heterocycles. The van der Waals surface area contributed by atoms with Gasteiger partial charge in [-0.3, -0.25) is 9.52 Å². The minimum atomic E-state index is -3.58. The first-order valence-electron chi connectivity index (χ1n) is 10.5. The summed E-state index contributed by atoms with van der Waals surface area (Å²) in [5.74, 6) is 0.598. The zero-order valence-electron chi connectivity index (χ0n) is 18.2. The van der Waals surface area contributed by atoms with Crippen LogP contribution < -0.4 is 10.0 Å². The maximum absolute atomic E-state index is 12.4. The lowest BCUT2D eigenvalue weighted by Crippen LogP contribution is -2.13. The van der Waals surface area contributed by atoms with Gasteiger partial charge in [-0.1, -0.05) is 18.2 Å². The molecular formula is C25H19N3O4S3. The van der Waals surface area contributed by atoms with Crippen LogP contribution in [-0.2, 0) is 14.8 Å². The minimum absolute atomic E-state index is 0.146. The molecule has 0 aliphatic rings. The number of para-hydroxylation sites is 2. The van der Waals surface area contributed by atoms with E-state index in [1.54, 1.807) is 53.9 Å². The van der Waals surface area contributed by atoms with E-state index in [1.165, 1.54) is 11.8 Å². The Morgan fingerprint density at radius 2 is 1.66 bits per heavy atom. The fourth-order valence-electron chi connectivity index (χ4n) is 3.28. The molecule has 0 radical (unpaired) electrons. The summed E-state index contributed by atoms with van der Waals surface area (Å²) in [5, 5.41) is 4.59. The van der Waals surface area contributed by atoms with E-state index in [1.807, 2.05) is 36.4 Å². The largest absolute Gasteiger partial charge is 0.436 e. The van der Waals surface area contributed by atoms with Gasteiger partial charge in [0.25, 0.3) is 10.0 Å². The van der Waals surface area contributed by atoms with E-state index in [0.29, 0.717) is 17.3 Å². The number of oxazole rings is 1. The van der Waals surface area contributed by atoms with Gasteiger partial charge in [-0.2, -0.15) is 0 Å². The van der Waals surface area contributed by atoms with E-state index in [2.05, 4.69) is 15.0 Å². The van der Waals surface area contributed by atoms with Crippen LogP contribution in [0.25, 0.3) is 22.6 Å². The van der Waals surface area contributed by atoms with Crippen LogP contribution in [-0.4, -0.2) is 25.1 Å². The number of fused-ring (bicyclic) bond motifs is 1. The predicted octanol–water partition coefficient (Wildman–Crippen LogP) is 6.09. The highest BCUT2D eigenvalue weighted by Crippen LogP contribution is 2.26. The van der Waals surface area contributed by atoms with Crippen LogP contribution >= 0.6 is 23.1 Å². The van der Waals surface area contributed by atoms with E-state index in [4.69, 9.17) is 4.42 Å². The number of rotatable bonds is 8. The van der Waals surface area contributed by atoms with Crippen LogP contribution in [0.2, 0.25) is 0 Å². The van der Waals surface area contributed by atoms with Crippen molar-refractivity contribution in [2.24, 2.45) is 0 Å². The minimum Gasteiger partial charge on any atom is -0.436 e. The van der Waals surface area contributed by atoms with Crippen LogP contribution in [0.3, 0.4) is 0 Å². The van der Waals surface area contributed by atoms with Crippen molar-refractivity contribution in [3.8, 4) is 11.5 Å². The summed E-state index contributed by atoms with van der Waals surface area (Å²) in [5.41, 5.74) is 3.48. The van der Waals surface area contributed by atoms with Crippen molar-refractivity contribution in [2.75, 3.05) is 15.8 Å². The van der Waals surface area contributed by atoms with E-state index in [0.717, 1.165) is 32.9 Å². The number of hydrogen-bond acceptors (Lipinski definition) is 7. The van der Waals surface area contributed by atoms with Crippen molar-refractivity contribution < 1.29 is 17.6 Å². The molecule has 2 N–H and O–H groups in total. The van der Waals surface area contributed by atoms with Crippen molar-refractivity contribution in [3.05, 3.63) is 90.3 Å². The lowest BCUT2D eigenvalue weighted by molar-refractivity contribution is -0.113. The number of nitrogens with zero attached hydrogens (tertiary/aromatic N) is 1. The number of anilines is 2. The smallest absolute Gasteiger partial charge is 0.271 e. The molecule has 10 heteroatoms. The molecule has 0 aliphatic heterocycles. The predicted molar refractivity (Wildman–Crippen MR) is 140 cm³/mol. The summed E-state index contributed by atoms with van der Waals surface area (Å²) in [6, 6.07) is 25.0. The highest BCUT2D eigenvalue weighted by atomic mass is 32.2. The van der Waals surface area contributed by atoms with Crippen molar-refractivity contribution >= 4 is 61.5 Å². The van der Waals surface area contributed by atoms with Gasteiger partial charge in [0.1, 0.15) is 9.73 Å². The quantitative estimate of drug-likeness (QED) is 0.240. The van der Waals surface area contributed by atoms with Gasteiger partial charge in [-0.15, -0.1) is 23.1 Å². The SMILES string of the molecule is O=C(CSc1ccc(NS(=O)(=O)c2cccs2)cc1)Nc1ccc(-c2nc3ccccc3o2)cc1. The van der Waals surface area contributed by atoms with Crippen LogP contribution in [0.1, 0.15) is 0 Å². The zero-order chi connectivity index (χ0) is 24.3. The van der Waals surface area contributed by atoms with Crippen LogP contribution in [0.4, 0.5) is 11.4 Å². The topological polar surface area (TPSA) is 101 Å².